The van der Waals surface area contributed by atoms with Gasteiger partial charge in [0.1, 0.15) is 0 Å². The number of hydrogen-bond acceptors (Lipinski definition) is 4. The van der Waals surface area contributed by atoms with E-state index < -0.39 is 21.0 Å². The van der Waals surface area contributed by atoms with Crippen molar-refractivity contribution >= 4 is 21.0 Å². The van der Waals surface area contributed by atoms with Crippen molar-refractivity contribution in [3.63, 3.8) is 0 Å². The molecule has 1 heterocycles. The standard InChI is InChI=1S/C10H12N2O3S2/c11-9-5-16(6-10(9)12)7-1-3-8(4-2-7)17(13,14)15/h1-6,16H,11-12H2,(H,13,14,15). The molecule has 1 aromatic carbocycles. The Balaban J connectivity index is 2.33. The third-order valence-corrected chi connectivity index (χ3v) is 5.20. The average Bonchev–Trinajstić information content (AvgIpc) is 2.58. The lowest BCUT2D eigenvalue weighted by molar-refractivity contribution is 0.483. The fraction of sp³-hybridized carbons (Fsp3) is 0. The van der Waals surface area contributed by atoms with Gasteiger partial charge in [0.2, 0.25) is 0 Å². The number of hydrogen-bond donors (Lipinski definition) is 4. The Bertz CT molecular complexity index is 585. The Hall–Kier alpha value is -1.44. The minimum absolute atomic E-state index is 0.121. The second kappa shape index (κ2) is 4.10. The van der Waals surface area contributed by atoms with Gasteiger partial charge in [-0.3, -0.25) is 4.55 Å². The average molecular weight is 272 g/mol. The lowest BCUT2D eigenvalue weighted by Crippen LogP contribution is -2.05. The highest BCUT2D eigenvalue weighted by Gasteiger charge is 2.13. The van der Waals surface area contributed by atoms with Gasteiger partial charge >= 0.3 is 0 Å². The molecule has 0 aliphatic carbocycles. The molecule has 0 fully saturated rings. The molecule has 2 rings (SSSR count). The van der Waals surface area contributed by atoms with E-state index in [-0.39, 0.29) is 4.90 Å². The zero-order valence-corrected chi connectivity index (χ0v) is 10.4. The Labute approximate surface area is 102 Å². The van der Waals surface area contributed by atoms with E-state index in [1.807, 2.05) is 10.8 Å². The predicted molar refractivity (Wildman–Crippen MR) is 68.0 cm³/mol. The number of benzene rings is 1. The molecule has 5 N–H and O–H groups in total. The first-order chi connectivity index (χ1) is 7.88. The van der Waals surface area contributed by atoms with Crippen LogP contribution in [0.3, 0.4) is 0 Å². The maximum absolute atomic E-state index is 10.9. The van der Waals surface area contributed by atoms with Crippen molar-refractivity contribution in [2.24, 2.45) is 11.5 Å². The van der Waals surface area contributed by atoms with Crippen molar-refractivity contribution in [3.05, 3.63) is 46.5 Å². The molecule has 17 heavy (non-hydrogen) atoms. The molecular formula is C10H12N2O3S2. The quantitative estimate of drug-likeness (QED) is 0.473. The molecule has 0 amide bonds. The summed E-state index contributed by atoms with van der Waals surface area (Å²) in [5.41, 5.74) is 12.4. The lowest BCUT2D eigenvalue weighted by Gasteiger charge is -2.09. The minimum atomic E-state index is -4.14. The summed E-state index contributed by atoms with van der Waals surface area (Å²) < 4.78 is 30.6. The van der Waals surface area contributed by atoms with Gasteiger partial charge < -0.3 is 11.5 Å². The normalized spacial score (nSPS) is 17.8. The van der Waals surface area contributed by atoms with Crippen LogP contribution in [0, 0.1) is 0 Å². The van der Waals surface area contributed by atoms with E-state index >= 15 is 0 Å². The number of rotatable bonds is 2. The molecule has 0 saturated carbocycles. The van der Waals surface area contributed by atoms with Gasteiger partial charge in [-0.15, -0.1) is 0 Å². The molecule has 1 aliphatic heterocycles. The zero-order chi connectivity index (χ0) is 12.6. The summed E-state index contributed by atoms with van der Waals surface area (Å²) in [5.74, 6) is 0. The van der Waals surface area contributed by atoms with Crippen LogP contribution in [0.25, 0.3) is 0 Å². The Morgan fingerprint density at radius 2 is 1.47 bits per heavy atom. The van der Waals surface area contributed by atoms with Crippen LogP contribution in [-0.4, -0.2) is 13.0 Å². The van der Waals surface area contributed by atoms with Gasteiger partial charge in [-0.2, -0.15) is 19.3 Å². The highest BCUT2D eigenvalue weighted by molar-refractivity contribution is 8.22. The summed E-state index contributed by atoms with van der Waals surface area (Å²) in [6, 6.07) is 6.01. The smallest absolute Gasteiger partial charge is 0.294 e. The molecule has 0 unspecified atom stereocenters. The first-order valence-corrected chi connectivity index (χ1v) is 7.61. The summed E-state index contributed by atoms with van der Waals surface area (Å²) >= 11 is 0. The fourth-order valence-electron chi connectivity index (χ4n) is 1.43. The molecule has 0 aromatic heterocycles. The van der Waals surface area contributed by atoms with Crippen molar-refractivity contribution in [2.75, 3.05) is 0 Å². The van der Waals surface area contributed by atoms with Crippen molar-refractivity contribution in [1.82, 2.24) is 0 Å². The van der Waals surface area contributed by atoms with Gasteiger partial charge in [-0.1, -0.05) is 0 Å². The third kappa shape index (κ3) is 2.46. The number of thiol groups is 1. The van der Waals surface area contributed by atoms with Gasteiger partial charge in [-0.05, 0) is 40.0 Å². The van der Waals surface area contributed by atoms with Gasteiger partial charge in [0, 0.05) is 0 Å². The topological polar surface area (TPSA) is 106 Å². The Morgan fingerprint density at radius 3 is 1.88 bits per heavy atom. The maximum Gasteiger partial charge on any atom is 0.294 e. The maximum atomic E-state index is 10.9. The Morgan fingerprint density at radius 1 is 1.00 bits per heavy atom. The molecule has 92 valence electrons. The van der Waals surface area contributed by atoms with Crippen LogP contribution >= 0.6 is 10.9 Å². The highest BCUT2D eigenvalue weighted by Crippen LogP contribution is 2.44. The summed E-state index contributed by atoms with van der Waals surface area (Å²) in [7, 11) is -4.86. The van der Waals surface area contributed by atoms with Gasteiger partial charge in [0.25, 0.3) is 10.1 Å². The molecule has 0 atom stereocenters. The van der Waals surface area contributed by atoms with Crippen molar-refractivity contribution in [3.8, 4) is 0 Å². The van der Waals surface area contributed by atoms with Crippen molar-refractivity contribution < 1.29 is 13.0 Å². The van der Waals surface area contributed by atoms with Gasteiger partial charge in [-0.25, -0.2) is 0 Å². The molecular weight excluding hydrogens is 260 g/mol. The molecule has 0 radical (unpaired) electrons. The van der Waals surface area contributed by atoms with Gasteiger partial charge in [0.15, 0.2) is 0 Å². The van der Waals surface area contributed by atoms with E-state index in [9.17, 15) is 8.42 Å². The van der Waals surface area contributed by atoms with Crippen molar-refractivity contribution in [2.45, 2.75) is 9.79 Å². The second-order valence-corrected chi connectivity index (χ2v) is 6.81. The predicted octanol–water partition coefficient (Wildman–Crippen LogP) is 0.907. The minimum Gasteiger partial charge on any atom is -0.397 e. The zero-order valence-electron chi connectivity index (χ0n) is 8.74. The molecule has 0 spiro atoms. The van der Waals surface area contributed by atoms with Crippen LogP contribution in [0.4, 0.5) is 0 Å². The van der Waals surface area contributed by atoms with Crippen LogP contribution in [0.2, 0.25) is 0 Å². The van der Waals surface area contributed by atoms with E-state index in [4.69, 9.17) is 16.0 Å². The number of nitrogens with two attached hydrogens (primary N) is 2. The first kappa shape index (κ1) is 12.0. The van der Waals surface area contributed by atoms with Crippen LogP contribution in [0.1, 0.15) is 0 Å². The third-order valence-electron chi connectivity index (χ3n) is 2.32. The van der Waals surface area contributed by atoms with E-state index in [0.29, 0.717) is 11.4 Å². The highest BCUT2D eigenvalue weighted by atomic mass is 32.2. The van der Waals surface area contributed by atoms with E-state index in [0.717, 1.165) is 4.90 Å². The van der Waals surface area contributed by atoms with Crippen LogP contribution in [-0.2, 0) is 10.1 Å². The Kier molecular flexibility index (Phi) is 2.90. The monoisotopic (exact) mass is 272 g/mol. The fourth-order valence-corrected chi connectivity index (χ4v) is 3.67. The summed E-state index contributed by atoms with van der Waals surface area (Å²) in [5, 5.41) is 3.71. The molecule has 0 bridgehead atoms. The van der Waals surface area contributed by atoms with Crippen LogP contribution < -0.4 is 11.5 Å². The van der Waals surface area contributed by atoms with Crippen LogP contribution in [0.5, 0.6) is 0 Å². The largest absolute Gasteiger partial charge is 0.397 e. The van der Waals surface area contributed by atoms with E-state index in [2.05, 4.69) is 0 Å². The second-order valence-electron chi connectivity index (χ2n) is 3.55. The summed E-state index contributed by atoms with van der Waals surface area (Å²) in [6.45, 7) is 0. The molecule has 1 aliphatic rings. The van der Waals surface area contributed by atoms with Crippen LogP contribution in [0.15, 0.2) is 56.3 Å². The molecule has 7 heteroatoms. The lowest BCUT2D eigenvalue weighted by atomic mass is 10.4. The summed E-state index contributed by atoms with van der Waals surface area (Å²) in [4.78, 5) is 0.806. The molecule has 5 nitrogen and oxygen atoms in total. The van der Waals surface area contributed by atoms with E-state index in [1.165, 1.54) is 12.1 Å². The summed E-state index contributed by atoms with van der Waals surface area (Å²) in [6.07, 6.45) is 0. The van der Waals surface area contributed by atoms with Gasteiger partial charge in [0.05, 0.1) is 16.3 Å². The SMILES string of the molecule is NC1=C[SH](c2ccc(S(=O)(=O)O)cc2)C=C1N. The first-order valence-electron chi connectivity index (χ1n) is 4.69. The van der Waals surface area contributed by atoms with Crippen molar-refractivity contribution in [1.29, 1.82) is 0 Å². The molecule has 0 saturated heterocycles. The molecule has 1 aromatic rings. The van der Waals surface area contributed by atoms with E-state index in [1.54, 1.807) is 12.1 Å².